The molecule has 2 unspecified atom stereocenters. The fraction of sp³-hybridized carbons (Fsp3) is 0.364. The number of anilines is 2. The summed E-state index contributed by atoms with van der Waals surface area (Å²) in [7, 11) is 0. The minimum Gasteiger partial charge on any atom is -0.478 e. The highest BCUT2D eigenvalue weighted by molar-refractivity contribution is 5.94. The number of nitrogens with one attached hydrogen (secondary N) is 1. The van der Waals surface area contributed by atoms with Crippen LogP contribution in [0.3, 0.4) is 0 Å². The predicted octanol–water partition coefficient (Wildman–Crippen LogP) is 1.79. The topological polar surface area (TPSA) is 75.3 Å². The molecule has 1 saturated carbocycles. The molecule has 0 heterocycles. The second-order valence-electron chi connectivity index (χ2n) is 4.07. The standard InChI is InChI=1S/C11H14N2O2/c1-6-4-10(6)13-7-2-3-9(12)8(5-7)11(14)15/h2-3,5-6,10,13H,4,12H2,1H3,(H,14,15). The van der Waals surface area contributed by atoms with Crippen molar-refractivity contribution in [2.24, 2.45) is 5.92 Å². The highest BCUT2D eigenvalue weighted by Gasteiger charge is 2.32. The van der Waals surface area contributed by atoms with Crippen molar-refractivity contribution in [3.05, 3.63) is 23.8 Å². The molecule has 0 saturated heterocycles. The van der Waals surface area contributed by atoms with Crippen molar-refractivity contribution in [2.75, 3.05) is 11.1 Å². The number of aromatic carboxylic acids is 1. The maximum atomic E-state index is 10.8. The average molecular weight is 206 g/mol. The molecule has 2 rings (SSSR count). The molecule has 2 atom stereocenters. The lowest BCUT2D eigenvalue weighted by Crippen LogP contribution is -2.07. The van der Waals surface area contributed by atoms with Gasteiger partial charge in [0.25, 0.3) is 0 Å². The molecule has 1 aliphatic carbocycles. The SMILES string of the molecule is CC1CC1Nc1ccc(N)c(C(=O)O)c1. The Morgan fingerprint density at radius 3 is 2.80 bits per heavy atom. The van der Waals surface area contributed by atoms with Crippen LogP contribution in [0.4, 0.5) is 11.4 Å². The monoisotopic (exact) mass is 206 g/mol. The van der Waals surface area contributed by atoms with Crippen LogP contribution in [0.2, 0.25) is 0 Å². The van der Waals surface area contributed by atoms with Crippen molar-refractivity contribution in [3.63, 3.8) is 0 Å². The van der Waals surface area contributed by atoms with E-state index in [-0.39, 0.29) is 5.56 Å². The summed E-state index contributed by atoms with van der Waals surface area (Å²) in [4.78, 5) is 10.8. The number of carboxylic acids is 1. The van der Waals surface area contributed by atoms with Crippen LogP contribution in [0.1, 0.15) is 23.7 Å². The van der Waals surface area contributed by atoms with Gasteiger partial charge in [-0.2, -0.15) is 0 Å². The first kappa shape index (κ1) is 9.83. The van der Waals surface area contributed by atoms with Crippen LogP contribution in [-0.2, 0) is 0 Å². The van der Waals surface area contributed by atoms with Gasteiger partial charge < -0.3 is 16.2 Å². The van der Waals surface area contributed by atoms with Crippen LogP contribution < -0.4 is 11.1 Å². The molecule has 0 aromatic heterocycles. The number of nitrogens with two attached hydrogens (primary N) is 1. The van der Waals surface area contributed by atoms with Gasteiger partial charge in [-0.3, -0.25) is 0 Å². The van der Waals surface area contributed by atoms with Gasteiger partial charge in [0.15, 0.2) is 0 Å². The van der Waals surface area contributed by atoms with Crippen molar-refractivity contribution in [1.82, 2.24) is 0 Å². The van der Waals surface area contributed by atoms with E-state index in [0.29, 0.717) is 17.6 Å². The summed E-state index contributed by atoms with van der Waals surface area (Å²) in [6.45, 7) is 2.16. The van der Waals surface area contributed by atoms with Crippen molar-refractivity contribution in [3.8, 4) is 0 Å². The molecule has 0 spiro atoms. The highest BCUT2D eigenvalue weighted by atomic mass is 16.4. The average Bonchev–Trinajstić information content (AvgIpc) is 2.85. The molecular formula is C11H14N2O2. The molecule has 0 amide bonds. The van der Waals surface area contributed by atoms with Gasteiger partial charge in [-0.25, -0.2) is 4.79 Å². The minimum absolute atomic E-state index is 0.160. The second kappa shape index (κ2) is 3.46. The van der Waals surface area contributed by atoms with E-state index in [4.69, 9.17) is 10.8 Å². The van der Waals surface area contributed by atoms with Crippen LogP contribution in [0.15, 0.2) is 18.2 Å². The van der Waals surface area contributed by atoms with E-state index in [1.165, 1.54) is 0 Å². The van der Waals surface area contributed by atoms with Crippen molar-refractivity contribution < 1.29 is 9.90 Å². The van der Waals surface area contributed by atoms with E-state index in [1.807, 2.05) is 6.07 Å². The van der Waals surface area contributed by atoms with E-state index in [0.717, 1.165) is 12.1 Å². The van der Waals surface area contributed by atoms with Gasteiger partial charge in [0.1, 0.15) is 0 Å². The zero-order valence-electron chi connectivity index (χ0n) is 8.53. The van der Waals surface area contributed by atoms with Crippen LogP contribution in [0, 0.1) is 5.92 Å². The number of nitrogen functional groups attached to an aromatic ring is 1. The smallest absolute Gasteiger partial charge is 0.337 e. The first-order valence-electron chi connectivity index (χ1n) is 4.97. The molecule has 80 valence electrons. The summed E-state index contributed by atoms with van der Waals surface area (Å²) in [6.07, 6.45) is 1.15. The van der Waals surface area contributed by atoms with Crippen LogP contribution in [0.25, 0.3) is 0 Å². The number of carboxylic acid groups (broad SMARTS) is 1. The third kappa shape index (κ3) is 2.03. The van der Waals surface area contributed by atoms with Gasteiger partial charge in [0.05, 0.1) is 5.56 Å². The molecule has 4 nitrogen and oxygen atoms in total. The molecule has 1 aromatic rings. The summed E-state index contributed by atoms with van der Waals surface area (Å²) in [6, 6.07) is 5.50. The molecule has 1 aromatic carbocycles. The Balaban J connectivity index is 2.18. The normalized spacial score (nSPS) is 23.5. The van der Waals surface area contributed by atoms with E-state index >= 15 is 0 Å². The minimum atomic E-state index is -0.986. The molecule has 4 N–H and O–H groups in total. The summed E-state index contributed by atoms with van der Waals surface area (Å²) in [5.41, 5.74) is 6.85. The third-order valence-corrected chi connectivity index (χ3v) is 2.75. The number of hydrogen-bond donors (Lipinski definition) is 3. The fourth-order valence-electron chi connectivity index (χ4n) is 1.57. The highest BCUT2D eigenvalue weighted by Crippen LogP contribution is 2.33. The van der Waals surface area contributed by atoms with Crippen molar-refractivity contribution >= 4 is 17.3 Å². The van der Waals surface area contributed by atoms with E-state index in [9.17, 15) is 4.79 Å². The largest absolute Gasteiger partial charge is 0.478 e. The molecule has 0 radical (unpaired) electrons. The van der Waals surface area contributed by atoms with Gasteiger partial charge in [0.2, 0.25) is 0 Å². The summed E-state index contributed by atoms with van der Waals surface area (Å²) in [5.74, 6) is -0.309. The molecule has 1 aliphatic rings. The maximum absolute atomic E-state index is 10.8. The first-order chi connectivity index (χ1) is 7.08. The third-order valence-electron chi connectivity index (χ3n) is 2.75. The van der Waals surface area contributed by atoms with E-state index < -0.39 is 5.97 Å². The van der Waals surface area contributed by atoms with Gasteiger partial charge >= 0.3 is 5.97 Å². The Labute approximate surface area is 88.1 Å². The Bertz CT molecular complexity index is 404. The Morgan fingerprint density at radius 1 is 1.60 bits per heavy atom. The molecular weight excluding hydrogens is 192 g/mol. The van der Waals surface area contributed by atoms with E-state index in [2.05, 4.69) is 12.2 Å². The Kier molecular flexibility index (Phi) is 2.26. The predicted molar refractivity (Wildman–Crippen MR) is 59.0 cm³/mol. The maximum Gasteiger partial charge on any atom is 0.337 e. The van der Waals surface area contributed by atoms with Crippen molar-refractivity contribution in [1.29, 1.82) is 0 Å². The molecule has 0 bridgehead atoms. The van der Waals surface area contributed by atoms with Gasteiger partial charge in [-0.15, -0.1) is 0 Å². The summed E-state index contributed by atoms with van der Waals surface area (Å²) < 4.78 is 0. The molecule has 15 heavy (non-hydrogen) atoms. The Morgan fingerprint density at radius 2 is 2.27 bits per heavy atom. The van der Waals surface area contributed by atoms with Crippen LogP contribution in [-0.4, -0.2) is 17.1 Å². The van der Waals surface area contributed by atoms with Gasteiger partial charge in [0, 0.05) is 17.4 Å². The number of carbonyl (C=O) groups is 1. The molecule has 1 fully saturated rings. The second-order valence-corrected chi connectivity index (χ2v) is 4.07. The summed E-state index contributed by atoms with van der Waals surface area (Å²) >= 11 is 0. The lowest BCUT2D eigenvalue weighted by atomic mass is 10.1. The molecule has 4 heteroatoms. The van der Waals surface area contributed by atoms with E-state index in [1.54, 1.807) is 12.1 Å². The molecule has 0 aliphatic heterocycles. The first-order valence-corrected chi connectivity index (χ1v) is 4.97. The quantitative estimate of drug-likeness (QED) is 0.659. The number of rotatable bonds is 3. The number of benzene rings is 1. The fourth-order valence-corrected chi connectivity index (χ4v) is 1.57. The zero-order valence-corrected chi connectivity index (χ0v) is 8.53. The lowest BCUT2D eigenvalue weighted by Gasteiger charge is -2.07. The van der Waals surface area contributed by atoms with Crippen LogP contribution in [0.5, 0.6) is 0 Å². The summed E-state index contributed by atoms with van der Waals surface area (Å²) in [5, 5.41) is 12.2. The van der Waals surface area contributed by atoms with Gasteiger partial charge in [-0.1, -0.05) is 6.92 Å². The van der Waals surface area contributed by atoms with Crippen LogP contribution >= 0.6 is 0 Å². The van der Waals surface area contributed by atoms with Crippen molar-refractivity contribution in [2.45, 2.75) is 19.4 Å². The van der Waals surface area contributed by atoms with Gasteiger partial charge in [-0.05, 0) is 30.5 Å². The number of hydrogen-bond acceptors (Lipinski definition) is 3. The Hall–Kier alpha value is -1.71. The lowest BCUT2D eigenvalue weighted by molar-refractivity contribution is 0.0698. The zero-order chi connectivity index (χ0) is 11.0.